The van der Waals surface area contributed by atoms with Gasteiger partial charge in [0.05, 0.1) is 7.11 Å². The van der Waals surface area contributed by atoms with Crippen LogP contribution in [0.4, 0.5) is 0 Å². The molecule has 0 heterocycles. The first-order valence-corrected chi connectivity index (χ1v) is 8.19. The van der Waals surface area contributed by atoms with E-state index in [0.29, 0.717) is 0 Å². The van der Waals surface area contributed by atoms with Crippen molar-refractivity contribution in [2.24, 2.45) is 5.92 Å². The number of rotatable bonds is 7. The Balaban J connectivity index is 3.31. The molecule has 0 spiro atoms. The van der Waals surface area contributed by atoms with Gasteiger partial charge in [0.25, 0.3) is 0 Å². The zero-order valence-electron chi connectivity index (χ0n) is 12.0. The first-order chi connectivity index (χ1) is 9.72. The van der Waals surface area contributed by atoms with Crippen LogP contribution in [0, 0.1) is 5.92 Å². The van der Waals surface area contributed by atoms with Crippen molar-refractivity contribution in [1.82, 2.24) is 4.72 Å². The quantitative estimate of drug-likeness (QED) is 0.798. The lowest BCUT2D eigenvalue weighted by Gasteiger charge is -2.15. The number of aromatic carboxylic acids is 1. The van der Waals surface area contributed by atoms with Crippen molar-refractivity contribution in [3.8, 4) is 5.75 Å². The summed E-state index contributed by atoms with van der Waals surface area (Å²) in [7, 11) is -2.70. The third-order valence-electron chi connectivity index (χ3n) is 3.06. The molecule has 0 aromatic heterocycles. The number of nitrogens with one attached hydrogen (secondary N) is 1. The number of carbonyl (C=O) groups is 1. The third kappa shape index (κ3) is 4.33. The Hall–Kier alpha value is -1.31. The molecule has 1 unspecified atom stereocenters. The highest BCUT2D eigenvalue weighted by atomic mass is 35.5. The van der Waals surface area contributed by atoms with Crippen molar-refractivity contribution >= 4 is 27.6 Å². The van der Waals surface area contributed by atoms with E-state index in [1.807, 2.05) is 13.8 Å². The summed E-state index contributed by atoms with van der Waals surface area (Å²) in [5, 5.41) is 9.12. The lowest BCUT2D eigenvalue weighted by molar-refractivity contribution is 0.0693. The van der Waals surface area contributed by atoms with Crippen LogP contribution in [0.15, 0.2) is 17.0 Å². The van der Waals surface area contributed by atoms with Crippen LogP contribution in [0.1, 0.15) is 30.6 Å². The van der Waals surface area contributed by atoms with E-state index in [1.165, 1.54) is 13.2 Å². The molecule has 0 bridgehead atoms. The molecular formula is C13H18ClNO5S. The number of carboxylic acids is 1. The highest BCUT2D eigenvalue weighted by molar-refractivity contribution is 7.89. The Morgan fingerprint density at radius 2 is 2.10 bits per heavy atom. The van der Waals surface area contributed by atoms with Crippen LogP contribution in [0.25, 0.3) is 0 Å². The predicted octanol–water partition coefficient (Wildman–Crippen LogP) is 2.37. The molecule has 1 rings (SSSR count). The summed E-state index contributed by atoms with van der Waals surface area (Å²) in [5.74, 6) is -1.39. The Bertz CT molecular complexity index is 630. The zero-order chi connectivity index (χ0) is 16.2. The molecule has 21 heavy (non-hydrogen) atoms. The SMILES string of the molecule is CCC(C)CNS(=O)(=O)c1cc(Cl)cc(C(=O)O)c1OC. The normalized spacial score (nSPS) is 13.0. The maximum atomic E-state index is 12.3. The zero-order valence-corrected chi connectivity index (χ0v) is 13.6. The second kappa shape index (κ2) is 7.11. The summed E-state index contributed by atoms with van der Waals surface area (Å²) in [6, 6.07) is 2.32. The summed E-state index contributed by atoms with van der Waals surface area (Å²) in [6.45, 7) is 4.10. The van der Waals surface area contributed by atoms with E-state index >= 15 is 0 Å². The first-order valence-electron chi connectivity index (χ1n) is 6.33. The van der Waals surface area contributed by atoms with Crippen molar-refractivity contribution < 1.29 is 23.1 Å². The van der Waals surface area contributed by atoms with Crippen molar-refractivity contribution in [3.05, 3.63) is 22.7 Å². The molecule has 1 aromatic carbocycles. The molecule has 118 valence electrons. The van der Waals surface area contributed by atoms with Crippen LogP contribution in [-0.4, -0.2) is 33.1 Å². The van der Waals surface area contributed by atoms with Gasteiger partial charge in [-0.3, -0.25) is 0 Å². The van der Waals surface area contributed by atoms with Gasteiger partial charge in [-0.2, -0.15) is 0 Å². The maximum absolute atomic E-state index is 12.3. The fraction of sp³-hybridized carbons (Fsp3) is 0.462. The molecule has 0 aliphatic carbocycles. The van der Waals surface area contributed by atoms with Crippen molar-refractivity contribution in [2.75, 3.05) is 13.7 Å². The Morgan fingerprint density at radius 3 is 2.57 bits per heavy atom. The van der Waals surface area contributed by atoms with E-state index in [4.69, 9.17) is 21.4 Å². The molecule has 0 fully saturated rings. The number of hydrogen-bond acceptors (Lipinski definition) is 4. The van der Waals surface area contributed by atoms with Gasteiger partial charge in [-0.1, -0.05) is 31.9 Å². The molecule has 0 aliphatic heterocycles. The summed E-state index contributed by atoms with van der Waals surface area (Å²) in [6.07, 6.45) is 0.815. The Kier molecular flexibility index (Phi) is 6.00. The number of carboxylic acid groups (broad SMARTS) is 1. The molecule has 0 saturated heterocycles. The van der Waals surface area contributed by atoms with Crippen molar-refractivity contribution in [2.45, 2.75) is 25.2 Å². The number of sulfonamides is 1. The Morgan fingerprint density at radius 1 is 1.48 bits per heavy atom. The second-order valence-electron chi connectivity index (χ2n) is 4.66. The van der Waals surface area contributed by atoms with Gasteiger partial charge in [0.2, 0.25) is 10.0 Å². The lowest BCUT2D eigenvalue weighted by atomic mass is 10.1. The molecule has 0 saturated carbocycles. The van der Waals surface area contributed by atoms with Gasteiger partial charge < -0.3 is 9.84 Å². The van der Waals surface area contributed by atoms with E-state index in [-0.39, 0.29) is 33.7 Å². The van der Waals surface area contributed by atoms with E-state index < -0.39 is 16.0 Å². The van der Waals surface area contributed by atoms with E-state index in [2.05, 4.69) is 4.72 Å². The summed E-state index contributed by atoms with van der Waals surface area (Å²) >= 11 is 5.81. The Labute approximate surface area is 129 Å². The van der Waals surface area contributed by atoms with Crippen LogP contribution >= 0.6 is 11.6 Å². The van der Waals surface area contributed by atoms with Gasteiger partial charge in [0, 0.05) is 11.6 Å². The average molecular weight is 336 g/mol. The van der Waals surface area contributed by atoms with E-state index in [0.717, 1.165) is 12.5 Å². The van der Waals surface area contributed by atoms with Crippen molar-refractivity contribution in [3.63, 3.8) is 0 Å². The molecule has 8 heteroatoms. The molecule has 2 N–H and O–H groups in total. The van der Waals surface area contributed by atoms with Crippen LogP contribution in [0.5, 0.6) is 5.75 Å². The van der Waals surface area contributed by atoms with E-state index in [9.17, 15) is 13.2 Å². The van der Waals surface area contributed by atoms with Gasteiger partial charge in [0.15, 0.2) is 5.75 Å². The number of halogens is 1. The van der Waals surface area contributed by atoms with Gasteiger partial charge in [-0.05, 0) is 18.1 Å². The highest BCUT2D eigenvalue weighted by Crippen LogP contribution is 2.31. The molecule has 0 radical (unpaired) electrons. The standard InChI is InChI=1S/C13H18ClNO5S/c1-4-8(2)7-15-21(18,19)11-6-9(14)5-10(13(16)17)12(11)20-3/h5-6,8,15H,4,7H2,1-3H3,(H,16,17). The minimum atomic E-state index is -3.91. The number of methoxy groups -OCH3 is 1. The lowest BCUT2D eigenvalue weighted by Crippen LogP contribution is -2.29. The van der Waals surface area contributed by atoms with Crippen LogP contribution < -0.4 is 9.46 Å². The largest absolute Gasteiger partial charge is 0.494 e. The van der Waals surface area contributed by atoms with Gasteiger partial charge in [-0.15, -0.1) is 0 Å². The topological polar surface area (TPSA) is 92.7 Å². The summed E-state index contributed by atoms with van der Waals surface area (Å²) < 4.78 is 32.0. The van der Waals surface area contributed by atoms with Crippen molar-refractivity contribution in [1.29, 1.82) is 0 Å². The van der Waals surface area contributed by atoms with Crippen LogP contribution in [0.3, 0.4) is 0 Å². The fourth-order valence-electron chi connectivity index (χ4n) is 1.61. The molecule has 0 aliphatic rings. The highest BCUT2D eigenvalue weighted by Gasteiger charge is 2.25. The molecule has 1 atom stereocenters. The molecular weight excluding hydrogens is 318 g/mol. The van der Waals surface area contributed by atoms with Gasteiger partial charge >= 0.3 is 5.97 Å². The molecule has 1 aromatic rings. The minimum Gasteiger partial charge on any atom is -0.494 e. The number of hydrogen-bond donors (Lipinski definition) is 2. The summed E-state index contributed by atoms with van der Waals surface area (Å²) in [5.41, 5.74) is -0.297. The van der Waals surface area contributed by atoms with E-state index in [1.54, 1.807) is 0 Å². The van der Waals surface area contributed by atoms with Crippen LogP contribution in [-0.2, 0) is 10.0 Å². The smallest absolute Gasteiger partial charge is 0.339 e. The first kappa shape index (κ1) is 17.7. The minimum absolute atomic E-state index is 0.0112. The van der Waals surface area contributed by atoms with Gasteiger partial charge in [-0.25, -0.2) is 17.9 Å². The number of benzene rings is 1. The third-order valence-corrected chi connectivity index (χ3v) is 4.71. The average Bonchev–Trinajstić information content (AvgIpc) is 2.43. The predicted molar refractivity (Wildman–Crippen MR) is 79.6 cm³/mol. The fourth-order valence-corrected chi connectivity index (χ4v) is 3.27. The molecule has 6 nitrogen and oxygen atoms in total. The monoisotopic (exact) mass is 335 g/mol. The van der Waals surface area contributed by atoms with Crippen LogP contribution in [0.2, 0.25) is 5.02 Å². The second-order valence-corrected chi connectivity index (χ2v) is 6.83. The number of ether oxygens (including phenoxy) is 1. The molecule has 0 amide bonds. The van der Waals surface area contributed by atoms with Gasteiger partial charge in [0.1, 0.15) is 10.5 Å². The maximum Gasteiger partial charge on any atom is 0.339 e. The summed E-state index contributed by atoms with van der Waals surface area (Å²) in [4.78, 5) is 10.9.